The van der Waals surface area contributed by atoms with Gasteiger partial charge in [0.1, 0.15) is 11.6 Å². The minimum atomic E-state index is -0.497. The number of halogens is 1. The summed E-state index contributed by atoms with van der Waals surface area (Å²) in [5.41, 5.74) is 1.64. The molecule has 0 bridgehead atoms. The van der Waals surface area contributed by atoms with Crippen molar-refractivity contribution in [2.75, 3.05) is 5.32 Å². The Morgan fingerprint density at radius 2 is 2.08 bits per heavy atom. The molecule has 6 nitrogen and oxygen atoms in total. The molecule has 1 amide bonds. The quantitative estimate of drug-likeness (QED) is 0.686. The minimum Gasteiger partial charge on any atom is -0.469 e. The Morgan fingerprint density at radius 3 is 2.76 bits per heavy atom. The van der Waals surface area contributed by atoms with Gasteiger partial charge in [0.2, 0.25) is 5.91 Å². The summed E-state index contributed by atoms with van der Waals surface area (Å²) in [7, 11) is 0. The first-order valence-corrected chi connectivity index (χ1v) is 8.43. The number of aromatic nitrogens is 2. The van der Waals surface area contributed by atoms with Crippen LogP contribution in [0.5, 0.6) is 0 Å². The lowest BCUT2D eigenvalue weighted by Crippen LogP contribution is -2.22. The number of furan rings is 1. The molecule has 0 radical (unpaired) electrons. The first kappa shape index (κ1) is 17.2. The van der Waals surface area contributed by atoms with Crippen molar-refractivity contribution in [3.8, 4) is 11.5 Å². The predicted molar refractivity (Wildman–Crippen MR) is 91.8 cm³/mol. The Morgan fingerprint density at radius 1 is 1.28 bits per heavy atom. The third kappa shape index (κ3) is 3.90. The summed E-state index contributed by atoms with van der Waals surface area (Å²) >= 11 is 1.13. The van der Waals surface area contributed by atoms with Gasteiger partial charge in [0.25, 0.3) is 11.1 Å². The van der Waals surface area contributed by atoms with Gasteiger partial charge in [-0.3, -0.25) is 4.79 Å². The van der Waals surface area contributed by atoms with Crippen LogP contribution in [0.2, 0.25) is 0 Å². The highest BCUT2D eigenvalue weighted by atomic mass is 32.2. The topological polar surface area (TPSA) is 81.2 Å². The van der Waals surface area contributed by atoms with E-state index in [1.165, 1.54) is 6.07 Å². The first-order valence-electron chi connectivity index (χ1n) is 7.55. The second-order valence-electron chi connectivity index (χ2n) is 5.48. The lowest BCUT2D eigenvalue weighted by molar-refractivity contribution is -0.115. The summed E-state index contributed by atoms with van der Waals surface area (Å²) < 4.78 is 24.3. The smallest absolute Gasteiger partial charge is 0.277 e. The maximum Gasteiger partial charge on any atom is 0.277 e. The van der Waals surface area contributed by atoms with Crippen molar-refractivity contribution in [1.82, 2.24) is 10.2 Å². The lowest BCUT2D eigenvalue weighted by atomic mass is 10.2. The number of hydrogen-bond acceptors (Lipinski definition) is 6. The fourth-order valence-electron chi connectivity index (χ4n) is 2.09. The zero-order valence-electron chi connectivity index (χ0n) is 13.9. The van der Waals surface area contributed by atoms with Crippen molar-refractivity contribution in [3.05, 3.63) is 47.7 Å². The zero-order valence-corrected chi connectivity index (χ0v) is 14.7. The molecule has 0 aliphatic carbocycles. The van der Waals surface area contributed by atoms with Gasteiger partial charge in [0, 0.05) is 5.69 Å². The van der Waals surface area contributed by atoms with Crippen molar-refractivity contribution in [3.63, 3.8) is 0 Å². The molecule has 3 rings (SSSR count). The molecule has 0 saturated heterocycles. The maximum atomic E-state index is 13.6. The molecule has 0 aliphatic heterocycles. The van der Waals surface area contributed by atoms with Crippen molar-refractivity contribution in [2.45, 2.75) is 31.2 Å². The standard InChI is InChI=1S/C17H16FN3O3S/c1-9-4-5-12(8-14(9)18)19-15(22)11(3)25-17-21-20-16(24-17)13-6-7-23-10(13)2/h4-8,11H,1-3H3,(H,19,22). The van der Waals surface area contributed by atoms with Crippen LogP contribution in [0.15, 0.2) is 44.6 Å². The normalized spacial score (nSPS) is 12.2. The Kier molecular flexibility index (Phi) is 4.89. The minimum absolute atomic E-state index is 0.272. The molecule has 0 aliphatic rings. The lowest BCUT2D eigenvalue weighted by Gasteiger charge is -2.10. The van der Waals surface area contributed by atoms with Crippen LogP contribution >= 0.6 is 11.8 Å². The second-order valence-corrected chi connectivity index (χ2v) is 6.77. The molecule has 1 unspecified atom stereocenters. The number of thioether (sulfide) groups is 1. The highest BCUT2D eigenvalue weighted by molar-refractivity contribution is 8.00. The van der Waals surface area contributed by atoms with E-state index in [2.05, 4.69) is 15.5 Å². The Balaban J connectivity index is 1.64. The monoisotopic (exact) mass is 361 g/mol. The van der Waals surface area contributed by atoms with Crippen LogP contribution in [0.4, 0.5) is 10.1 Å². The number of carbonyl (C=O) groups excluding carboxylic acids is 1. The van der Waals surface area contributed by atoms with E-state index < -0.39 is 5.25 Å². The summed E-state index contributed by atoms with van der Waals surface area (Å²) in [6.45, 7) is 5.16. The van der Waals surface area contributed by atoms with Gasteiger partial charge in [0.15, 0.2) is 0 Å². The SMILES string of the molecule is Cc1ccc(NC(=O)C(C)Sc2nnc(-c3ccoc3C)o2)cc1F. The molecule has 2 heterocycles. The molecule has 0 saturated carbocycles. The molecule has 2 aromatic heterocycles. The van der Waals surface area contributed by atoms with Crippen LogP contribution in [0.25, 0.3) is 11.5 Å². The van der Waals surface area contributed by atoms with Gasteiger partial charge in [-0.2, -0.15) is 0 Å². The van der Waals surface area contributed by atoms with E-state index in [0.717, 1.165) is 11.8 Å². The molecule has 1 atom stereocenters. The summed E-state index contributed by atoms with van der Waals surface area (Å²) in [5.74, 6) is 0.358. The Hall–Kier alpha value is -2.61. The average Bonchev–Trinajstić information content (AvgIpc) is 3.19. The van der Waals surface area contributed by atoms with Crippen LogP contribution in [-0.4, -0.2) is 21.4 Å². The molecular weight excluding hydrogens is 345 g/mol. The van der Waals surface area contributed by atoms with E-state index in [1.807, 2.05) is 0 Å². The molecule has 3 aromatic rings. The van der Waals surface area contributed by atoms with E-state index in [4.69, 9.17) is 8.83 Å². The number of benzene rings is 1. The number of hydrogen-bond donors (Lipinski definition) is 1. The molecular formula is C17H16FN3O3S. The molecule has 0 spiro atoms. The fourth-order valence-corrected chi connectivity index (χ4v) is 2.78. The summed E-state index contributed by atoms with van der Waals surface area (Å²) in [5, 5.41) is 10.3. The van der Waals surface area contributed by atoms with Gasteiger partial charge in [-0.15, -0.1) is 10.2 Å². The van der Waals surface area contributed by atoms with Crippen LogP contribution in [0.1, 0.15) is 18.2 Å². The molecule has 130 valence electrons. The highest BCUT2D eigenvalue weighted by Crippen LogP contribution is 2.28. The number of rotatable bonds is 5. The number of carbonyl (C=O) groups is 1. The first-order chi connectivity index (χ1) is 11.9. The van der Waals surface area contributed by atoms with Gasteiger partial charge in [-0.05, 0) is 44.5 Å². The van der Waals surface area contributed by atoms with Crippen LogP contribution in [-0.2, 0) is 4.79 Å². The molecule has 8 heteroatoms. The van der Waals surface area contributed by atoms with Gasteiger partial charge < -0.3 is 14.2 Å². The highest BCUT2D eigenvalue weighted by Gasteiger charge is 2.20. The molecule has 1 aromatic carbocycles. The van der Waals surface area contributed by atoms with Crippen LogP contribution in [0.3, 0.4) is 0 Å². The van der Waals surface area contributed by atoms with Gasteiger partial charge in [-0.25, -0.2) is 4.39 Å². The van der Waals surface area contributed by atoms with Crippen LogP contribution in [0, 0.1) is 19.7 Å². The zero-order chi connectivity index (χ0) is 18.0. The van der Waals surface area contributed by atoms with Crippen LogP contribution < -0.4 is 5.32 Å². The number of nitrogens with one attached hydrogen (secondary N) is 1. The largest absolute Gasteiger partial charge is 0.469 e. The number of aryl methyl sites for hydroxylation is 2. The Bertz CT molecular complexity index is 906. The van der Waals surface area contributed by atoms with Crippen molar-refractivity contribution < 1.29 is 18.0 Å². The fraction of sp³-hybridized carbons (Fsp3) is 0.235. The third-order valence-corrected chi connectivity index (χ3v) is 4.52. The van der Waals surface area contributed by atoms with Gasteiger partial charge >= 0.3 is 0 Å². The second kappa shape index (κ2) is 7.10. The summed E-state index contributed by atoms with van der Waals surface area (Å²) in [6.07, 6.45) is 1.54. The predicted octanol–water partition coefficient (Wildman–Crippen LogP) is 4.20. The van der Waals surface area contributed by atoms with Crippen molar-refractivity contribution >= 4 is 23.4 Å². The van der Waals surface area contributed by atoms with Gasteiger partial charge in [-0.1, -0.05) is 17.8 Å². The molecule has 1 N–H and O–H groups in total. The van der Waals surface area contributed by atoms with E-state index in [0.29, 0.717) is 28.5 Å². The maximum absolute atomic E-state index is 13.6. The van der Waals surface area contributed by atoms with Crippen molar-refractivity contribution in [1.29, 1.82) is 0 Å². The van der Waals surface area contributed by atoms with E-state index in [9.17, 15) is 9.18 Å². The number of anilines is 1. The van der Waals surface area contributed by atoms with Crippen molar-refractivity contribution in [2.24, 2.45) is 0 Å². The summed E-state index contributed by atoms with van der Waals surface area (Å²) in [6, 6.07) is 6.29. The van der Waals surface area contributed by atoms with Gasteiger partial charge in [0.05, 0.1) is 17.1 Å². The van der Waals surface area contributed by atoms with E-state index in [1.54, 1.807) is 45.2 Å². The summed E-state index contributed by atoms with van der Waals surface area (Å²) in [4.78, 5) is 12.2. The van der Waals surface area contributed by atoms with E-state index in [-0.39, 0.29) is 16.9 Å². The van der Waals surface area contributed by atoms with E-state index >= 15 is 0 Å². The molecule has 25 heavy (non-hydrogen) atoms. The number of amides is 1. The number of nitrogens with zero attached hydrogens (tertiary/aromatic N) is 2. The third-order valence-electron chi connectivity index (χ3n) is 3.58. The Labute approximate surface area is 147 Å². The average molecular weight is 361 g/mol. The molecule has 0 fully saturated rings.